The number of nitrogens with zero attached hydrogens (tertiary/aromatic N) is 2. The molecule has 5 heteroatoms. The minimum Gasteiger partial charge on any atom is -0.399 e. The van der Waals surface area contributed by atoms with E-state index >= 15 is 0 Å². The molecule has 0 bridgehead atoms. The molecule has 1 aliphatic heterocycles. The summed E-state index contributed by atoms with van der Waals surface area (Å²) in [7, 11) is 3.43. The molecule has 1 saturated heterocycles. The van der Waals surface area contributed by atoms with Crippen molar-refractivity contribution in [2.24, 2.45) is 0 Å². The molecule has 0 radical (unpaired) electrons. The van der Waals surface area contributed by atoms with Crippen LogP contribution in [0.3, 0.4) is 0 Å². The molecule has 2 rings (SSSR count). The third kappa shape index (κ3) is 2.42. The summed E-state index contributed by atoms with van der Waals surface area (Å²) in [5.74, 6) is 0. The van der Waals surface area contributed by atoms with Crippen LogP contribution in [0.5, 0.6) is 0 Å². The van der Waals surface area contributed by atoms with Gasteiger partial charge in [0.2, 0.25) is 0 Å². The molecule has 0 saturated carbocycles. The maximum Gasteiger partial charge on any atom is 0.496 e. The van der Waals surface area contributed by atoms with E-state index in [0.29, 0.717) is 5.56 Å². The zero-order valence-corrected chi connectivity index (χ0v) is 13.0. The molecule has 20 heavy (non-hydrogen) atoms. The van der Waals surface area contributed by atoms with Crippen molar-refractivity contribution in [1.82, 2.24) is 0 Å². The van der Waals surface area contributed by atoms with Crippen LogP contribution in [-0.2, 0) is 9.31 Å². The van der Waals surface area contributed by atoms with E-state index in [9.17, 15) is 5.26 Å². The second-order valence-corrected chi connectivity index (χ2v) is 6.37. The van der Waals surface area contributed by atoms with E-state index in [-0.39, 0.29) is 0 Å². The van der Waals surface area contributed by atoms with Crippen LogP contribution in [0.15, 0.2) is 18.2 Å². The normalized spacial score (nSPS) is 19.8. The number of hydrogen-bond donors (Lipinski definition) is 0. The molecule has 1 fully saturated rings. The third-order valence-corrected chi connectivity index (χ3v) is 4.18. The molecular formula is C15H21BN2O2. The predicted octanol–water partition coefficient (Wildman–Crippen LogP) is 1.92. The first-order valence-electron chi connectivity index (χ1n) is 6.75. The van der Waals surface area contributed by atoms with Gasteiger partial charge < -0.3 is 14.2 Å². The van der Waals surface area contributed by atoms with Gasteiger partial charge in [-0.15, -0.1) is 0 Å². The van der Waals surface area contributed by atoms with Gasteiger partial charge in [-0.3, -0.25) is 0 Å². The Morgan fingerprint density at radius 2 is 1.65 bits per heavy atom. The highest BCUT2D eigenvalue weighted by Gasteiger charge is 2.52. The quantitative estimate of drug-likeness (QED) is 0.772. The average Bonchev–Trinajstić information content (AvgIpc) is 2.57. The van der Waals surface area contributed by atoms with Gasteiger partial charge in [0.15, 0.2) is 0 Å². The molecule has 0 aromatic heterocycles. The van der Waals surface area contributed by atoms with E-state index < -0.39 is 18.3 Å². The van der Waals surface area contributed by atoms with E-state index in [1.807, 2.05) is 64.9 Å². The van der Waals surface area contributed by atoms with Gasteiger partial charge in [-0.1, -0.05) is 0 Å². The molecule has 0 amide bonds. The van der Waals surface area contributed by atoms with Crippen LogP contribution >= 0.6 is 0 Å². The third-order valence-electron chi connectivity index (χ3n) is 4.18. The van der Waals surface area contributed by atoms with Crippen molar-refractivity contribution in [3.63, 3.8) is 0 Å². The molecule has 0 atom stereocenters. The number of rotatable bonds is 2. The van der Waals surface area contributed by atoms with Gasteiger partial charge in [-0.05, 0) is 45.9 Å². The Morgan fingerprint density at radius 1 is 1.10 bits per heavy atom. The average molecular weight is 272 g/mol. The van der Waals surface area contributed by atoms with Crippen LogP contribution < -0.4 is 10.4 Å². The van der Waals surface area contributed by atoms with Crippen molar-refractivity contribution in [3.8, 4) is 6.07 Å². The summed E-state index contributed by atoms with van der Waals surface area (Å²) in [5, 5.41) is 9.29. The molecule has 0 spiro atoms. The summed E-state index contributed by atoms with van der Waals surface area (Å²) in [5.41, 5.74) is 1.59. The van der Waals surface area contributed by atoms with Crippen molar-refractivity contribution in [2.75, 3.05) is 19.0 Å². The molecule has 0 N–H and O–H groups in total. The van der Waals surface area contributed by atoms with Gasteiger partial charge in [-0.25, -0.2) is 0 Å². The van der Waals surface area contributed by atoms with Crippen LogP contribution in [-0.4, -0.2) is 32.4 Å². The summed E-state index contributed by atoms with van der Waals surface area (Å²) >= 11 is 0. The first kappa shape index (κ1) is 14.9. The lowest BCUT2D eigenvalue weighted by molar-refractivity contribution is 0.00578. The molecule has 106 valence electrons. The van der Waals surface area contributed by atoms with Crippen molar-refractivity contribution in [1.29, 1.82) is 5.26 Å². The summed E-state index contributed by atoms with van der Waals surface area (Å²) < 4.78 is 12.1. The summed E-state index contributed by atoms with van der Waals surface area (Å²) in [6.45, 7) is 8.04. The predicted molar refractivity (Wildman–Crippen MR) is 81.2 cm³/mol. The zero-order chi connectivity index (χ0) is 15.1. The van der Waals surface area contributed by atoms with Crippen LogP contribution in [0.2, 0.25) is 0 Å². The second kappa shape index (κ2) is 4.80. The lowest BCUT2D eigenvalue weighted by Crippen LogP contribution is -2.41. The molecule has 1 aromatic rings. The largest absolute Gasteiger partial charge is 0.496 e. The van der Waals surface area contributed by atoms with E-state index in [2.05, 4.69) is 6.07 Å². The number of benzene rings is 1. The number of anilines is 1. The van der Waals surface area contributed by atoms with Gasteiger partial charge in [0.1, 0.15) is 0 Å². The van der Waals surface area contributed by atoms with Gasteiger partial charge in [0.05, 0.1) is 22.8 Å². The van der Waals surface area contributed by atoms with Gasteiger partial charge >= 0.3 is 7.12 Å². The van der Waals surface area contributed by atoms with Gasteiger partial charge in [-0.2, -0.15) is 5.26 Å². The van der Waals surface area contributed by atoms with Crippen molar-refractivity contribution < 1.29 is 9.31 Å². The molecule has 4 nitrogen and oxygen atoms in total. The lowest BCUT2D eigenvalue weighted by atomic mass is 9.76. The highest BCUT2D eigenvalue weighted by molar-refractivity contribution is 6.63. The Bertz CT molecular complexity index is 545. The summed E-state index contributed by atoms with van der Waals surface area (Å²) in [4.78, 5) is 2.00. The van der Waals surface area contributed by atoms with Crippen molar-refractivity contribution in [2.45, 2.75) is 38.9 Å². The standard InChI is InChI=1S/C15H21BN2O2/c1-14(2)15(3,4)20-16(19-14)13-9-12(18(5)6)8-7-11(13)10-17/h7-9H,1-6H3. The van der Waals surface area contributed by atoms with E-state index in [1.54, 1.807) is 0 Å². The Balaban J connectivity index is 2.43. The van der Waals surface area contributed by atoms with Crippen LogP contribution in [0.1, 0.15) is 33.3 Å². The molecule has 0 aliphatic carbocycles. The molecule has 1 heterocycles. The first-order chi connectivity index (χ1) is 9.18. The monoisotopic (exact) mass is 272 g/mol. The second-order valence-electron chi connectivity index (χ2n) is 6.37. The van der Waals surface area contributed by atoms with Crippen LogP contribution in [0, 0.1) is 11.3 Å². The lowest BCUT2D eigenvalue weighted by Gasteiger charge is -2.32. The zero-order valence-electron chi connectivity index (χ0n) is 13.0. The highest BCUT2D eigenvalue weighted by Crippen LogP contribution is 2.36. The summed E-state index contributed by atoms with van der Waals surface area (Å²) in [6.07, 6.45) is 0. The van der Waals surface area contributed by atoms with Crippen molar-refractivity contribution >= 4 is 18.3 Å². The Labute approximate surface area is 121 Å². The first-order valence-corrected chi connectivity index (χ1v) is 6.75. The topological polar surface area (TPSA) is 45.5 Å². The van der Waals surface area contributed by atoms with Gasteiger partial charge in [0.25, 0.3) is 0 Å². The smallest absolute Gasteiger partial charge is 0.399 e. The minimum absolute atomic E-state index is 0.404. The Hall–Kier alpha value is -1.51. The fourth-order valence-electron chi connectivity index (χ4n) is 2.10. The van der Waals surface area contributed by atoms with E-state index in [1.165, 1.54) is 0 Å². The Kier molecular flexibility index (Phi) is 3.57. The van der Waals surface area contributed by atoms with E-state index in [4.69, 9.17) is 9.31 Å². The molecule has 0 unspecified atom stereocenters. The Morgan fingerprint density at radius 3 is 2.10 bits per heavy atom. The van der Waals surface area contributed by atoms with Crippen LogP contribution in [0.25, 0.3) is 0 Å². The van der Waals surface area contributed by atoms with Crippen molar-refractivity contribution in [3.05, 3.63) is 23.8 Å². The van der Waals surface area contributed by atoms with Crippen LogP contribution in [0.4, 0.5) is 5.69 Å². The fraction of sp³-hybridized carbons (Fsp3) is 0.533. The van der Waals surface area contributed by atoms with Gasteiger partial charge in [0, 0.05) is 25.2 Å². The number of nitriles is 1. The number of hydrogen-bond acceptors (Lipinski definition) is 4. The maximum atomic E-state index is 9.29. The molecular weight excluding hydrogens is 251 g/mol. The molecule has 1 aliphatic rings. The van der Waals surface area contributed by atoms with E-state index in [0.717, 1.165) is 11.2 Å². The minimum atomic E-state index is -0.505. The maximum absolute atomic E-state index is 9.29. The SMILES string of the molecule is CN(C)c1ccc(C#N)c(B2OC(C)(C)C(C)(C)O2)c1. The fourth-order valence-corrected chi connectivity index (χ4v) is 2.10. The molecule has 1 aromatic carbocycles. The highest BCUT2D eigenvalue weighted by atomic mass is 16.7. The summed E-state index contributed by atoms with van der Waals surface area (Å²) in [6, 6.07) is 7.91.